The Kier molecular flexibility index (Phi) is 3.97. The number of carbonyl (C=O) groups excluding carboxylic acids is 1. The summed E-state index contributed by atoms with van der Waals surface area (Å²) in [5, 5.41) is 5.76. The first-order chi connectivity index (χ1) is 10.3. The lowest BCUT2D eigenvalue weighted by Crippen LogP contribution is -2.09. The number of rotatable bonds is 5. The number of anilines is 1. The highest BCUT2D eigenvalue weighted by Crippen LogP contribution is 2.22. The van der Waals surface area contributed by atoms with Crippen LogP contribution in [0.2, 0.25) is 0 Å². The zero-order chi connectivity index (χ0) is 14.5. The second-order valence-electron chi connectivity index (χ2n) is 4.99. The molecular formula is C19H17NO. The molecule has 21 heavy (non-hydrogen) atoms. The highest BCUT2D eigenvalue weighted by atomic mass is 16.1. The molecule has 0 saturated heterocycles. The van der Waals surface area contributed by atoms with Gasteiger partial charge in [0.05, 0.1) is 0 Å². The molecule has 0 aliphatic rings. The van der Waals surface area contributed by atoms with Crippen LogP contribution in [0, 0.1) is 0 Å². The van der Waals surface area contributed by atoms with E-state index in [1.165, 1.54) is 10.8 Å². The molecule has 2 nitrogen and oxygen atoms in total. The summed E-state index contributed by atoms with van der Waals surface area (Å²) in [6, 6.07) is 23.9. The number of benzene rings is 3. The maximum Gasteiger partial charge on any atom is 0.164 e. The Morgan fingerprint density at radius 2 is 1.52 bits per heavy atom. The quantitative estimate of drug-likeness (QED) is 0.693. The first kappa shape index (κ1) is 13.4. The Balaban J connectivity index is 1.66. The fourth-order valence-corrected chi connectivity index (χ4v) is 2.46. The third kappa shape index (κ3) is 3.11. The lowest BCUT2D eigenvalue weighted by molar-refractivity contribution is 0.0986. The number of ketones is 1. The molecule has 1 N–H and O–H groups in total. The van der Waals surface area contributed by atoms with Gasteiger partial charge in [0.25, 0.3) is 0 Å². The van der Waals surface area contributed by atoms with Gasteiger partial charge in [-0.2, -0.15) is 0 Å². The monoisotopic (exact) mass is 275 g/mol. The number of Topliss-reactive ketones (excluding diaryl/α,β-unsaturated/α-hetero) is 1. The van der Waals surface area contributed by atoms with Crippen molar-refractivity contribution in [2.24, 2.45) is 0 Å². The van der Waals surface area contributed by atoms with Crippen molar-refractivity contribution < 1.29 is 4.79 Å². The molecule has 0 aliphatic carbocycles. The van der Waals surface area contributed by atoms with E-state index in [-0.39, 0.29) is 5.78 Å². The van der Waals surface area contributed by atoms with Gasteiger partial charge in [0, 0.05) is 29.6 Å². The van der Waals surface area contributed by atoms with Gasteiger partial charge < -0.3 is 5.32 Å². The summed E-state index contributed by atoms with van der Waals surface area (Å²) >= 11 is 0. The second kappa shape index (κ2) is 6.23. The third-order valence-corrected chi connectivity index (χ3v) is 3.55. The first-order valence-corrected chi connectivity index (χ1v) is 7.14. The normalized spacial score (nSPS) is 10.5. The molecule has 0 radical (unpaired) electrons. The van der Waals surface area contributed by atoms with E-state index in [1.54, 1.807) is 0 Å². The van der Waals surface area contributed by atoms with Crippen LogP contribution in [-0.4, -0.2) is 12.3 Å². The molecule has 3 rings (SSSR count). The SMILES string of the molecule is O=C(CCNc1cccc2ccccc12)c1ccccc1. The Morgan fingerprint density at radius 3 is 2.38 bits per heavy atom. The predicted octanol–water partition coefficient (Wildman–Crippen LogP) is 4.52. The molecule has 2 heteroatoms. The summed E-state index contributed by atoms with van der Waals surface area (Å²) in [5.41, 5.74) is 1.85. The first-order valence-electron chi connectivity index (χ1n) is 7.14. The van der Waals surface area contributed by atoms with Crippen molar-refractivity contribution in [3.63, 3.8) is 0 Å². The number of carbonyl (C=O) groups is 1. The highest BCUT2D eigenvalue weighted by molar-refractivity contribution is 5.97. The zero-order valence-corrected chi connectivity index (χ0v) is 11.8. The molecular weight excluding hydrogens is 258 g/mol. The molecule has 3 aromatic carbocycles. The number of nitrogens with one attached hydrogen (secondary N) is 1. The molecule has 0 atom stereocenters. The molecule has 0 aromatic heterocycles. The number of fused-ring (bicyclic) bond motifs is 1. The van der Waals surface area contributed by atoms with E-state index in [4.69, 9.17) is 0 Å². The summed E-state index contributed by atoms with van der Waals surface area (Å²) in [5.74, 6) is 0.170. The van der Waals surface area contributed by atoms with Gasteiger partial charge in [-0.05, 0) is 11.5 Å². The molecule has 0 heterocycles. The minimum atomic E-state index is 0.170. The Bertz CT molecular complexity index is 744. The highest BCUT2D eigenvalue weighted by Gasteiger charge is 2.05. The van der Waals surface area contributed by atoms with Gasteiger partial charge in [-0.1, -0.05) is 66.7 Å². The Labute approximate surface area is 124 Å². The van der Waals surface area contributed by atoms with Crippen LogP contribution in [0.25, 0.3) is 10.8 Å². The Morgan fingerprint density at radius 1 is 0.810 bits per heavy atom. The lowest BCUT2D eigenvalue weighted by atomic mass is 10.1. The van der Waals surface area contributed by atoms with Crippen LogP contribution in [0.5, 0.6) is 0 Å². The van der Waals surface area contributed by atoms with Crippen LogP contribution in [0.15, 0.2) is 72.8 Å². The fourth-order valence-electron chi connectivity index (χ4n) is 2.46. The molecule has 3 aromatic rings. The summed E-state index contributed by atoms with van der Waals surface area (Å²) in [4.78, 5) is 12.1. The molecule has 0 aliphatic heterocycles. The fraction of sp³-hybridized carbons (Fsp3) is 0.105. The van der Waals surface area contributed by atoms with Gasteiger partial charge in [-0.25, -0.2) is 0 Å². The molecule has 104 valence electrons. The average Bonchev–Trinajstić information content (AvgIpc) is 2.56. The van der Waals surface area contributed by atoms with Gasteiger partial charge in [0.2, 0.25) is 0 Å². The van der Waals surface area contributed by atoms with Crippen LogP contribution in [0.1, 0.15) is 16.8 Å². The average molecular weight is 275 g/mol. The summed E-state index contributed by atoms with van der Waals surface area (Å²) in [7, 11) is 0. The lowest BCUT2D eigenvalue weighted by Gasteiger charge is -2.09. The second-order valence-corrected chi connectivity index (χ2v) is 4.99. The number of hydrogen-bond acceptors (Lipinski definition) is 2. The largest absolute Gasteiger partial charge is 0.384 e. The van der Waals surface area contributed by atoms with Gasteiger partial charge in [-0.15, -0.1) is 0 Å². The minimum absolute atomic E-state index is 0.170. The van der Waals surface area contributed by atoms with E-state index >= 15 is 0 Å². The molecule has 0 amide bonds. The van der Waals surface area contributed by atoms with Crippen molar-refractivity contribution in [1.29, 1.82) is 0 Å². The molecule has 0 bridgehead atoms. The predicted molar refractivity (Wildman–Crippen MR) is 87.8 cm³/mol. The number of hydrogen-bond donors (Lipinski definition) is 1. The van der Waals surface area contributed by atoms with Crippen molar-refractivity contribution in [1.82, 2.24) is 0 Å². The van der Waals surface area contributed by atoms with Crippen molar-refractivity contribution in [2.75, 3.05) is 11.9 Å². The van der Waals surface area contributed by atoms with E-state index in [9.17, 15) is 4.79 Å². The van der Waals surface area contributed by atoms with Crippen LogP contribution in [0.4, 0.5) is 5.69 Å². The summed E-state index contributed by atoms with van der Waals surface area (Å²) < 4.78 is 0. The minimum Gasteiger partial charge on any atom is -0.384 e. The summed E-state index contributed by atoms with van der Waals surface area (Å²) in [6.07, 6.45) is 0.493. The van der Waals surface area contributed by atoms with Crippen molar-refractivity contribution in [2.45, 2.75) is 6.42 Å². The summed E-state index contributed by atoms with van der Waals surface area (Å²) in [6.45, 7) is 0.641. The smallest absolute Gasteiger partial charge is 0.164 e. The van der Waals surface area contributed by atoms with E-state index in [1.807, 2.05) is 48.5 Å². The van der Waals surface area contributed by atoms with Crippen LogP contribution in [0.3, 0.4) is 0 Å². The molecule has 0 saturated carbocycles. The van der Waals surface area contributed by atoms with Crippen molar-refractivity contribution in [3.05, 3.63) is 78.4 Å². The maximum absolute atomic E-state index is 12.1. The zero-order valence-electron chi connectivity index (χ0n) is 11.8. The van der Waals surface area contributed by atoms with Crippen LogP contribution in [-0.2, 0) is 0 Å². The third-order valence-electron chi connectivity index (χ3n) is 3.55. The van der Waals surface area contributed by atoms with E-state index in [2.05, 4.69) is 29.6 Å². The van der Waals surface area contributed by atoms with E-state index < -0.39 is 0 Å². The van der Waals surface area contributed by atoms with E-state index in [0.717, 1.165) is 11.3 Å². The van der Waals surface area contributed by atoms with Crippen LogP contribution < -0.4 is 5.32 Å². The van der Waals surface area contributed by atoms with Gasteiger partial charge >= 0.3 is 0 Å². The van der Waals surface area contributed by atoms with Crippen molar-refractivity contribution >= 4 is 22.2 Å². The maximum atomic E-state index is 12.1. The van der Waals surface area contributed by atoms with Gasteiger partial charge in [0.15, 0.2) is 5.78 Å². The molecule has 0 fully saturated rings. The Hall–Kier alpha value is -2.61. The topological polar surface area (TPSA) is 29.1 Å². The van der Waals surface area contributed by atoms with Gasteiger partial charge in [-0.3, -0.25) is 4.79 Å². The van der Waals surface area contributed by atoms with E-state index in [0.29, 0.717) is 13.0 Å². The molecule has 0 spiro atoms. The molecule has 0 unspecified atom stereocenters. The van der Waals surface area contributed by atoms with Crippen LogP contribution >= 0.6 is 0 Å². The van der Waals surface area contributed by atoms with Gasteiger partial charge in [0.1, 0.15) is 0 Å². The standard InChI is InChI=1S/C19H17NO/c21-19(16-8-2-1-3-9-16)13-14-20-18-12-6-10-15-7-4-5-11-17(15)18/h1-12,20H,13-14H2. The van der Waals surface area contributed by atoms with Crippen molar-refractivity contribution in [3.8, 4) is 0 Å².